The van der Waals surface area contributed by atoms with E-state index in [0.29, 0.717) is 23.6 Å². The highest BCUT2D eigenvalue weighted by Crippen LogP contribution is 2.20. The Morgan fingerprint density at radius 2 is 1.84 bits per heavy atom. The van der Waals surface area contributed by atoms with Gasteiger partial charge in [-0.1, -0.05) is 41.9 Å². The summed E-state index contributed by atoms with van der Waals surface area (Å²) in [5.74, 6) is -0.0586. The van der Waals surface area contributed by atoms with Crippen LogP contribution < -0.4 is 10.9 Å². The number of anilines is 1. The number of aromatic nitrogens is 1. The fourth-order valence-corrected chi connectivity index (χ4v) is 2.73. The smallest absolute Gasteiger partial charge is 0.247 e. The molecule has 0 unspecified atom stereocenters. The molecule has 25 heavy (non-hydrogen) atoms. The summed E-state index contributed by atoms with van der Waals surface area (Å²) in [5, 5.41) is 3.43. The zero-order valence-electron chi connectivity index (χ0n) is 13.5. The van der Waals surface area contributed by atoms with Crippen LogP contribution in [0.15, 0.2) is 71.7 Å². The van der Waals surface area contributed by atoms with Crippen molar-refractivity contribution < 1.29 is 4.79 Å². The van der Waals surface area contributed by atoms with E-state index in [2.05, 4.69) is 10.3 Å². The Morgan fingerprint density at radius 1 is 1.00 bits per heavy atom. The van der Waals surface area contributed by atoms with E-state index in [4.69, 9.17) is 11.6 Å². The van der Waals surface area contributed by atoms with Gasteiger partial charge >= 0.3 is 0 Å². The number of H-pyrrole nitrogens is 1. The van der Waals surface area contributed by atoms with E-state index < -0.39 is 0 Å². The first kappa shape index (κ1) is 17.0. The molecule has 5 heteroatoms. The van der Waals surface area contributed by atoms with E-state index in [1.807, 2.05) is 24.3 Å². The Bertz CT molecular complexity index is 930. The molecule has 0 saturated carbocycles. The number of pyridine rings is 1. The molecular formula is C20H17ClN2O2. The van der Waals surface area contributed by atoms with E-state index in [1.54, 1.807) is 36.5 Å². The number of aromatic amines is 1. The van der Waals surface area contributed by atoms with Gasteiger partial charge in [0.1, 0.15) is 0 Å². The van der Waals surface area contributed by atoms with Gasteiger partial charge in [-0.15, -0.1) is 0 Å². The number of halogens is 1. The van der Waals surface area contributed by atoms with Crippen LogP contribution in [-0.4, -0.2) is 10.9 Å². The molecular weight excluding hydrogens is 336 g/mol. The topological polar surface area (TPSA) is 62.0 Å². The van der Waals surface area contributed by atoms with Crippen LogP contribution in [0.4, 0.5) is 5.69 Å². The molecule has 4 nitrogen and oxygen atoms in total. The van der Waals surface area contributed by atoms with Crippen LogP contribution in [0.2, 0.25) is 5.02 Å². The van der Waals surface area contributed by atoms with Crippen molar-refractivity contribution >= 4 is 23.2 Å². The summed E-state index contributed by atoms with van der Waals surface area (Å²) in [4.78, 5) is 25.9. The second-order valence-corrected chi connectivity index (χ2v) is 6.14. The molecule has 1 heterocycles. The van der Waals surface area contributed by atoms with Gasteiger partial charge in [-0.3, -0.25) is 9.59 Å². The number of hydrogen-bond acceptors (Lipinski definition) is 2. The van der Waals surface area contributed by atoms with E-state index in [0.717, 1.165) is 16.7 Å². The molecule has 0 radical (unpaired) electrons. The third-order valence-corrected chi connectivity index (χ3v) is 4.03. The van der Waals surface area contributed by atoms with Gasteiger partial charge in [-0.25, -0.2) is 0 Å². The van der Waals surface area contributed by atoms with Gasteiger partial charge in [0, 0.05) is 29.4 Å². The minimum Gasteiger partial charge on any atom is -0.328 e. The molecule has 0 bridgehead atoms. The second-order valence-electron chi connectivity index (χ2n) is 5.70. The quantitative estimate of drug-likeness (QED) is 0.720. The first-order chi connectivity index (χ1) is 12.1. The molecule has 0 saturated heterocycles. The van der Waals surface area contributed by atoms with Crippen LogP contribution in [0, 0.1) is 0 Å². The molecule has 0 fully saturated rings. The van der Waals surface area contributed by atoms with Crippen molar-refractivity contribution in [2.75, 3.05) is 5.32 Å². The summed E-state index contributed by atoms with van der Waals surface area (Å²) in [5.41, 5.74) is 3.57. The second kappa shape index (κ2) is 7.81. The lowest BCUT2D eigenvalue weighted by molar-refractivity contribution is -0.116. The summed E-state index contributed by atoms with van der Waals surface area (Å²) in [6, 6.07) is 18.3. The predicted octanol–water partition coefficient (Wildman–Crippen LogP) is 4.27. The lowest BCUT2D eigenvalue weighted by atomic mass is 10.0. The number of rotatable bonds is 5. The summed E-state index contributed by atoms with van der Waals surface area (Å²) in [6.07, 6.45) is 2.69. The minimum absolute atomic E-state index is 0.0586. The molecule has 126 valence electrons. The average molecular weight is 353 g/mol. The highest BCUT2D eigenvalue weighted by molar-refractivity contribution is 6.30. The SMILES string of the molecule is O=C(CCc1cccc(-c2ccc(=O)[nH]c2)c1)Nc1cccc(Cl)c1. The molecule has 3 aromatic rings. The van der Waals surface area contributed by atoms with E-state index in [9.17, 15) is 9.59 Å². The molecule has 0 aliphatic carbocycles. The first-order valence-corrected chi connectivity index (χ1v) is 8.31. The summed E-state index contributed by atoms with van der Waals surface area (Å²) >= 11 is 5.91. The summed E-state index contributed by atoms with van der Waals surface area (Å²) in [6.45, 7) is 0. The zero-order chi connectivity index (χ0) is 17.6. The number of carbonyl (C=O) groups is 1. The molecule has 1 amide bonds. The van der Waals surface area contributed by atoms with Crippen molar-refractivity contribution in [3.8, 4) is 11.1 Å². The molecule has 0 atom stereocenters. The van der Waals surface area contributed by atoms with E-state index in [1.165, 1.54) is 6.07 Å². The fraction of sp³-hybridized carbons (Fsp3) is 0.100. The molecule has 3 rings (SSSR count). The van der Waals surface area contributed by atoms with Crippen LogP contribution in [0.1, 0.15) is 12.0 Å². The molecule has 2 N–H and O–H groups in total. The van der Waals surface area contributed by atoms with Crippen molar-refractivity contribution in [1.82, 2.24) is 4.98 Å². The number of amides is 1. The maximum Gasteiger partial charge on any atom is 0.247 e. The molecule has 0 aliphatic heterocycles. The van der Waals surface area contributed by atoms with Gasteiger partial charge in [0.2, 0.25) is 11.5 Å². The van der Waals surface area contributed by atoms with Crippen LogP contribution >= 0.6 is 11.6 Å². The monoisotopic (exact) mass is 352 g/mol. The maximum absolute atomic E-state index is 12.1. The Balaban J connectivity index is 1.63. The highest BCUT2D eigenvalue weighted by Gasteiger charge is 2.05. The molecule has 0 spiro atoms. The van der Waals surface area contributed by atoms with Gasteiger partial charge in [-0.2, -0.15) is 0 Å². The zero-order valence-corrected chi connectivity index (χ0v) is 14.2. The first-order valence-electron chi connectivity index (χ1n) is 7.94. The molecule has 0 aliphatic rings. The van der Waals surface area contributed by atoms with Crippen LogP contribution in [0.3, 0.4) is 0 Å². The van der Waals surface area contributed by atoms with Gasteiger partial charge in [0.05, 0.1) is 0 Å². The average Bonchev–Trinajstić information content (AvgIpc) is 2.61. The Hall–Kier alpha value is -2.85. The van der Waals surface area contributed by atoms with Crippen molar-refractivity contribution in [2.45, 2.75) is 12.8 Å². The maximum atomic E-state index is 12.1. The fourth-order valence-electron chi connectivity index (χ4n) is 2.54. The number of carbonyl (C=O) groups excluding carboxylic acids is 1. The lowest BCUT2D eigenvalue weighted by Crippen LogP contribution is -2.12. The highest BCUT2D eigenvalue weighted by atomic mass is 35.5. The molecule has 1 aromatic heterocycles. The Kier molecular flexibility index (Phi) is 5.31. The number of aryl methyl sites for hydroxylation is 1. The summed E-state index contributed by atoms with van der Waals surface area (Å²) in [7, 11) is 0. The standard InChI is InChI=1S/C20H17ClN2O2/c21-17-5-2-6-18(12-17)23-20(25)9-7-14-3-1-4-15(11-14)16-8-10-19(24)22-13-16/h1-6,8,10-13H,7,9H2,(H,22,24)(H,23,25). The third kappa shape index (κ3) is 4.81. The number of benzene rings is 2. The van der Waals surface area contributed by atoms with Gasteiger partial charge in [-0.05, 0) is 47.4 Å². The van der Waals surface area contributed by atoms with Crippen molar-refractivity contribution in [1.29, 1.82) is 0 Å². The van der Waals surface area contributed by atoms with E-state index >= 15 is 0 Å². The number of nitrogens with one attached hydrogen (secondary N) is 2. The van der Waals surface area contributed by atoms with Crippen molar-refractivity contribution in [2.24, 2.45) is 0 Å². The van der Waals surface area contributed by atoms with Crippen molar-refractivity contribution in [3.63, 3.8) is 0 Å². The van der Waals surface area contributed by atoms with Gasteiger partial charge < -0.3 is 10.3 Å². The molecule has 2 aromatic carbocycles. The summed E-state index contributed by atoms with van der Waals surface area (Å²) < 4.78 is 0. The predicted molar refractivity (Wildman–Crippen MR) is 101 cm³/mol. The van der Waals surface area contributed by atoms with Crippen LogP contribution in [0.5, 0.6) is 0 Å². The normalized spacial score (nSPS) is 10.4. The van der Waals surface area contributed by atoms with Crippen LogP contribution in [-0.2, 0) is 11.2 Å². The van der Waals surface area contributed by atoms with Gasteiger partial charge in [0.15, 0.2) is 0 Å². The van der Waals surface area contributed by atoms with Crippen LogP contribution in [0.25, 0.3) is 11.1 Å². The third-order valence-electron chi connectivity index (χ3n) is 3.79. The largest absolute Gasteiger partial charge is 0.328 e. The Labute approximate surface area is 150 Å². The lowest BCUT2D eigenvalue weighted by Gasteiger charge is -2.07. The van der Waals surface area contributed by atoms with Gasteiger partial charge in [0.25, 0.3) is 0 Å². The van der Waals surface area contributed by atoms with Crippen molar-refractivity contribution in [3.05, 3.63) is 87.8 Å². The minimum atomic E-state index is -0.127. The Morgan fingerprint density at radius 3 is 2.60 bits per heavy atom. The number of hydrogen-bond donors (Lipinski definition) is 2. The van der Waals surface area contributed by atoms with E-state index in [-0.39, 0.29) is 11.5 Å².